The van der Waals surface area contributed by atoms with Gasteiger partial charge in [-0.25, -0.2) is 9.97 Å². The number of hydrogen-bond acceptors (Lipinski definition) is 4. The molecule has 19 heavy (non-hydrogen) atoms. The van der Waals surface area contributed by atoms with E-state index in [0.717, 1.165) is 49.7 Å². The number of anilines is 1. The van der Waals surface area contributed by atoms with Gasteiger partial charge in [-0.05, 0) is 33.4 Å². The molecule has 1 aromatic rings. The Morgan fingerprint density at radius 1 is 1.42 bits per heavy atom. The van der Waals surface area contributed by atoms with Crippen molar-refractivity contribution in [1.82, 2.24) is 14.9 Å². The Morgan fingerprint density at radius 3 is 2.84 bits per heavy atom. The smallest absolute Gasteiger partial charge is 0.225 e. The van der Waals surface area contributed by atoms with Crippen LogP contribution in [-0.2, 0) is 5.88 Å². The molecule has 2 heterocycles. The predicted octanol–water partition coefficient (Wildman–Crippen LogP) is 2.44. The van der Waals surface area contributed by atoms with Crippen LogP contribution in [0.25, 0.3) is 0 Å². The number of aromatic nitrogens is 2. The van der Waals surface area contributed by atoms with Gasteiger partial charge >= 0.3 is 0 Å². The van der Waals surface area contributed by atoms with E-state index in [1.165, 1.54) is 0 Å². The molecule has 1 aromatic heterocycles. The zero-order valence-corrected chi connectivity index (χ0v) is 12.8. The molecule has 1 fully saturated rings. The normalized spacial score (nSPS) is 21.5. The molecule has 2 rings (SSSR count). The monoisotopic (exact) mass is 282 g/mol. The molecule has 0 bridgehead atoms. The Morgan fingerprint density at radius 2 is 2.21 bits per heavy atom. The van der Waals surface area contributed by atoms with Crippen molar-refractivity contribution in [3.05, 3.63) is 17.5 Å². The maximum atomic E-state index is 5.87. The summed E-state index contributed by atoms with van der Waals surface area (Å²) in [6.07, 6.45) is 4.14. The summed E-state index contributed by atoms with van der Waals surface area (Å²) in [7, 11) is 2.19. The molecule has 1 aliphatic heterocycles. The van der Waals surface area contributed by atoms with Crippen molar-refractivity contribution in [2.24, 2.45) is 0 Å². The fraction of sp³-hybridized carbons (Fsp3) is 0.714. The quantitative estimate of drug-likeness (QED) is 0.797. The highest BCUT2D eigenvalue weighted by Gasteiger charge is 2.24. The van der Waals surface area contributed by atoms with Gasteiger partial charge in [0, 0.05) is 36.6 Å². The van der Waals surface area contributed by atoms with Crippen LogP contribution in [0.15, 0.2) is 6.20 Å². The van der Waals surface area contributed by atoms with Crippen molar-refractivity contribution < 1.29 is 0 Å². The summed E-state index contributed by atoms with van der Waals surface area (Å²) in [5, 5.41) is 0. The van der Waals surface area contributed by atoms with E-state index in [-0.39, 0.29) is 0 Å². The summed E-state index contributed by atoms with van der Waals surface area (Å²) in [5.41, 5.74) is 2.01. The molecule has 1 aliphatic rings. The number of likely N-dealkylation sites (N-methyl/N-ethyl adjacent to an activating group) is 1. The summed E-state index contributed by atoms with van der Waals surface area (Å²) >= 11 is 5.87. The lowest BCUT2D eigenvalue weighted by Gasteiger charge is -2.30. The highest BCUT2D eigenvalue weighted by molar-refractivity contribution is 6.17. The summed E-state index contributed by atoms with van der Waals surface area (Å²) in [5.74, 6) is 1.33. The van der Waals surface area contributed by atoms with E-state index < -0.39 is 0 Å². The van der Waals surface area contributed by atoms with Crippen molar-refractivity contribution in [3.63, 3.8) is 0 Å². The second-order valence-electron chi connectivity index (χ2n) is 5.29. The molecule has 4 nitrogen and oxygen atoms in total. The summed E-state index contributed by atoms with van der Waals surface area (Å²) in [6.45, 7) is 7.50. The number of aryl methyl sites for hydroxylation is 1. The molecular weight excluding hydrogens is 260 g/mol. The first-order valence-corrected chi connectivity index (χ1v) is 7.52. The van der Waals surface area contributed by atoms with E-state index in [1.807, 2.05) is 13.1 Å². The lowest BCUT2D eigenvalue weighted by atomic mass is 10.2. The second-order valence-corrected chi connectivity index (χ2v) is 5.55. The fourth-order valence-corrected chi connectivity index (χ4v) is 2.87. The van der Waals surface area contributed by atoms with Crippen LogP contribution in [0, 0.1) is 6.92 Å². The molecule has 1 unspecified atom stereocenters. The molecular formula is C14H23ClN4. The van der Waals surface area contributed by atoms with Crippen molar-refractivity contribution >= 4 is 17.5 Å². The molecule has 1 atom stereocenters. The van der Waals surface area contributed by atoms with E-state index in [4.69, 9.17) is 11.6 Å². The van der Waals surface area contributed by atoms with Crippen LogP contribution in [0.3, 0.4) is 0 Å². The van der Waals surface area contributed by atoms with Gasteiger partial charge in [0.05, 0.1) is 5.88 Å². The first-order valence-electron chi connectivity index (χ1n) is 6.99. The highest BCUT2D eigenvalue weighted by atomic mass is 35.5. The molecule has 0 spiro atoms. The van der Waals surface area contributed by atoms with E-state index in [9.17, 15) is 0 Å². The molecule has 0 aliphatic carbocycles. The molecule has 0 saturated carbocycles. The average molecular weight is 283 g/mol. The lowest BCUT2D eigenvalue weighted by Crippen LogP contribution is -2.40. The van der Waals surface area contributed by atoms with Gasteiger partial charge in [0.15, 0.2) is 0 Å². The molecule has 0 amide bonds. The van der Waals surface area contributed by atoms with Gasteiger partial charge in [-0.1, -0.05) is 6.92 Å². The van der Waals surface area contributed by atoms with Gasteiger partial charge < -0.3 is 9.80 Å². The van der Waals surface area contributed by atoms with Gasteiger partial charge in [0.25, 0.3) is 0 Å². The maximum Gasteiger partial charge on any atom is 0.225 e. The van der Waals surface area contributed by atoms with E-state index >= 15 is 0 Å². The zero-order chi connectivity index (χ0) is 13.8. The van der Waals surface area contributed by atoms with E-state index in [0.29, 0.717) is 11.9 Å². The first kappa shape index (κ1) is 14.5. The summed E-state index contributed by atoms with van der Waals surface area (Å²) in [4.78, 5) is 13.9. The number of rotatable bonds is 3. The Balaban J connectivity index is 2.25. The Kier molecular flexibility index (Phi) is 4.99. The highest BCUT2D eigenvalue weighted by Crippen LogP contribution is 2.19. The van der Waals surface area contributed by atoms with Crippen molar-refractivity contribution in [3.8, 4) is 0 Å². The third-order valence-corrected chi connectivity index (χ3v) is 4.13. The average Bonchev–Trinajstić information content (AvgIpc) is 2.60. The Labute approximate surface area is 120 Å². The Bertz CT molecular complexity index is 424. The molecule has 5 heteroatoms. The van der Waals surface area contributed by atoms with E-state index in [2.05, 4.69) is 33.7 Å². The van der Waals surface area contributed by atoms with Crippen LogP contribution in [0.1, 0.15) is 31.0 Å². The van der Waals surface area contributed by atoms with Crippen molar-refractivity contribution in [2.45, 2.75) is 38.6 Å². The van der Waals surface area contributed by atoms with Crippen molar-refractivity contribution in [1.29, 1.82) is 0 Å². The van der Waals surface area contributed by atoms with Gasteiger partial charge in [0.2, 0.25) is 5.95 Å². The van der Waals surface area contributed by atoms with Crippen LogP contribution < -0.4 is 4.90 Å². The molecule has 1 saturated heterocycles. The minimum Gasteiger partial charge on any atom is -0.337 e. The van der Waals surface area contributed by atoms with Gasteiger partial charge in [-0.3, -0.25) is 0 Å². The molecule has 0 N–H and O–H groups in total. The third kappa shape index (κ3) is 3.37. The first-order chi connectivity index (χ1) is 9.15. The lowest BCUT2D eigenvalue weighted by molar-refractivity contribution is 0.327. The van der Waals surface area contributed by atoms with Crippen LogP contribution >= 0.6 is 11.6 Å². The Hall–Kier alpha value is -0.870. The summed E-state index contributed by atoms with van der Waals surface area (Å²) in [6, 6.07) is 0.494. The van der Waals surface area contributed by atoms with Gasteiger partial charge in [0.1, 0.15) is 0 Å². The van der Waals surface area contributed by atoms with Crippen LogP contribution in [0.2, 0.25) is 0 Å². The van der Waals surface area contributed by atoms with Gasteiger partial charge in [-0.15, -0.1) is 11.6 Å². The third-order valence-electron chi connectivity index (χ3n) is 3.84. The number of halogens is 1. The topological polar surface area (TPSA) is 32.3 Å². The number of alkyl halides is 1. The van der Waals surface area contributed by atoms with E-state index in [1.54, 1.807) is 0 Å². The second kappa shape index (κ2) is 6.53. The largest absolute Gasteiger partial charge is 0.337 e. The van der Waals surface area contributed by atoms with Gasteiger partial charge in [-0.2, -0.15) is 0 Å². The standard InChI is InChI=1S/C14H23ClN4/c1-4-13-10-18(3)6-5-7-19(13)14-16-9-12(8-15)11(2)17-14/h9,13H,4-8,10H2,1-3H3. The molecule has 106 valence electrons. The fourth-order valence-electron chi connectivity index (χ4n) is 2.61. The van der Waals surface area contributed by atoms with Crippen LogP contribution in [0.5, 0.6) is 0 Å². The minimum absolute atomic E-state index is 0.478. The molecule has 0 radical (unpaired) electrons. The maximum absolute atomic E-state index is 5.87. The number of nitrogens with zero attached hydrogens (tertiary/aromatic N) is 4. The van der Waals surface area contributed by atoms with Crippen LogP contribution in [0.4, 0.5) is 5.95 Å². The molecule has 0 aromatic carbocycles. The zero-order valence-electron chi connectivity index (χ0n) is 12.1. The van der Waals surface area contributed by atoms with Crippen LogP contribution in [-0.4, -0.2) is 47.6 Å². The summed E-state index contributed by atoms with van der Waals surface area (Å²) < 4.78 is 0. The SMILES string of the molecule is CCC1CN(C)CCCN1c1ncc(CCl)c(C)n1. The number of hydrogen-bond donors (Lipinski definition) is 0. The minimum atomic E-state index is 0.478. The van der Waals surface area contributed by atoms with Crippen molar-refractivity contribution in [2.75, 3.05) is 31.6 Å². The predicted molar refractivity (Wildman–Crippen MR) is 79.9 cm³/mol.